The number of rotatable bonds is 4. The van der Waals surface area contributed by atoms with E-state index in [0.29, 0.717) is 16.6 Å². The summed E-state index contributed by atoms with van der Waals surface area (Å²) >= 11 is 12.1. The van der Waals surface area contributed by atoms with Gasteiger partial charge in [0.25, 0.3) is 0 Å². The van der Waals surface area contributed by atoms with Gasteiger partial charge < -0.3 is 5.73 Å². The molecule has 0 aliphatic carbocycles. The molecule has 1 atom stereocenters. The lowest BCUT2D eigenvalue weighted by Crippen LogP contribution is -2.08. The van der Waals surface area contributed by atoms with E-state index in [2.05, 4.69) is 10.3 Å². The van der Waals surface area contributed by atoms with Gasteiger partial charge in [0.05, 0.1) is 34.5 Å². The highest BCUT2D eigenvalue weighted by molar-refractivity contribution is 6.42. The van der Waals surface area contributed by atoms with Crippen LogP contribution in [0.15, 0.2) is 24.4 Å². The van der Waals surface area contributed by atoms with Gasteiger partial charge in [-0.2, -0.15) is 0 Å². The Kier molecular flexibility index (Phi) is 4.22. The largest absolute Gasteiger partial charge is 0.323 e. The molecule has 0 fully saturated rings. The van der Waals surface area contributed by atoms with Crippen molar-refractivity contribution in [3.8, 4) is 0 Å². The van der Waals surface area contributed by atoms with E-state index < -0.39 is 0 Å². The van der Waals surface area contributed by atoms with Crippen molar-refractivity contribution in [1.29, 1.82) is 0 Å². The molecule has 1 aromatic carbocycles. The average Bonchev–Trinajstić information content (AvgIpc) is 2.82. The van der Waals surface area contributed by atoms with Crippen molar-refractivity contribution >= 4 is 23.2 Å². The first-order valence-corrected chi connectivity index (χ1v) is 6.46. The summed E-state index contributed by atoms with van der Waals surface area (Å²) in [5.74, 6) is 0. The first-order valence-electron chi connectivity index (χ1n) is 5.70. The van der Waals surface area contributed by atoms with Gasteiger partial charge in [-0.15, -0.1) is 5.10 Å². The third-order valence-electron chi connectivity index (χ3n) is 2.74. The van der Waals surface area contributed by atoms with Gasteiger partial charge in [0.2, 0.25) is 0 Å². The molecule has 0 aliphatic heterocycles. The topological polar surface area (TPSA) is 56.7 Å². The van der Waals surface area contributed by atoms with E-state index in [9.17, 15) is 0 Å². The molecule has 18 heavy (non-hydrogen) atoms. The second-order valence-electron chi connectivity index (χ2n) is 4.07. The Balaban J connectivity index is 2.19. The molecule has 2 aromatic rings. The predicted molar refractivity (Wildman–Crippen MR) is 72.8 cm³/mol. The predicted octanol–water partition coefficient (Wildman–Crippen LogP) is 3.04. The fourth-order valence-electron chi connectivity index (χ4n) is 1.61. The molecule has 2 N–H and O–H groups in total. The summed E-state index contributed by atoms with van der Waals surface area (Å²) in [5, 5.41) is 9.18. The highest BCUT2D eigenvalue weighted by Crippen LogP contribution is 2.26. The Morgan fingerprint density at radius 1 is 1.39 bits per heavy atom. The maximum Gasteiger partial charge on any atom is 0.0994 e. The molecule has 6 heteroatoms. The molecular weight excluding hydrogens is 271 g/mol. The molecule has 1 heterocycles. The zero-order valence-electron chi connectivity index (χ0n) is 9.98. The SMILES string of the molecule is CCC(N)c1cn(Cc2cccc(Cl)c2Cl)nn1. The van der Waals surface area contributed by atoms with Crippen LogP contribution in [0, 0.1) is 0 Å². The van der Waals surface area contributed by atoms with Crippen molar-refractivity contribution in [2.75, 3.05) is 0 Å². The lowest BCUT2D eigenvalue weighted by molar-refractivity contribution is 0.644. The minimum atomic E-state index is -0.0754. The lowest BCUT2D eigenvalue weighted by atomic mass is 10.2. The van der Waals surface area contributed by atoms with Crippen LogP contribution in [0.4, 0.5) is 0 Å². The van der Waals surface area contributed by atoms with Crippen molar-refractivity contribution in [1.82, 2.24) is 15.0 Å². The summed E-state index contributed by atoms with van der Waals surface area (Å²) in [6, 6.07) is 5.45. The zero-order chi connectivity index (χ0) is 13.1. The van der Waals surface area contributed by atoms with E-state index in [1.807, 2.05) is 25.3 Å². The molecule has 0 saturated heterocycles. The van der Waals surface area contributed by atoms with E-state index in [1.54, 1.807) is 10.7 Å². The minimum Gasteiger partial charge on any atom is -0.323 e. The molecule has 0 spiro atoms. The molecular formula is C12H14Cl2N4. The van der Waals surface area contributed by atoms with Crippen LogP contribution in [0.25, 0.3) is 0 Å². The second kappa shape index (κ2) is 5.69. The standard InChI is InChI=1S/C12H14Cl2N4/c1-2-10(15)11-7-18(17-16-11)6-8-4-3-5-9(13)12(8)14/h3-5,7,10H,2,6,15H2,1H3. The number of hydrogen-bond acceptors (Lipinski definition) is 3. The Hall–Kier alpha value is -1.10. The highest BCUT2D eigenvalue weighted by atomic mass is 35.5. The molecule has 4 nitrogen and oxygen atoms in total. The van der Waals surface area contributed by atoms with Crippen molar-refractivity contribution in [3.05, 3.63) is 45.7 Å². The molecule has 0 aliphatic rings. The van der Waals surface area contributed by atoms with Gasteiger partial charge in [-0.25, -0.2) is 4.68 Å². The van der Waals surface area contributed by atoms with E-state index >= 15 is 0 Å². The van der Waals surface area contributed by atoms with E-state index in [0.717, 1.165) is 17.7 Å². The molecule has 0 radical (unpaired) electrons. The van der Waals surface area contributed by atoms with Crippen LogP contribution in [-0.2, 0) is 6.54 Å². The molecule has 2 rings (SSSR count). The number of nitrogens with two attached hydrogens (primary N) is 1. The summed E-state index contributed by atoms with van der Waals surface area (Å²) in [6.45, 7) is 2.54. The van der Waals surface area contributed by atoms with Crippen LogP contribution in [0.3, 0.4) is 0 Å². The van der Waals surface area contributed by atoms with Gasteiger partial charge in [0.1, 0.15) is 0 Å². The van der Waals surface area contributed by atoms with Crippen LogP contribution >= 0.6 is 23.2 Å². The van der Waals surface area contributed by atoms with Gasteiger partial charge >= 0.3 is 0 Å². The Morgan fingerprint density at radius 2 is 2.17 bits per heavy atom. The van der Waals surface area contributed by atoms with Gasteiger partial charge in [-0.3, -0.25) is 0 Å². The first kappa shape index (κ1) is 13.3. The smallest absolute Gasteiger partial charge is 0.0994 e. The molecule has 1 aromatic heterocycles. The van der Waals surface area contributed by atoms with Crippen molar-refractivity contribution < 1.29 is 0 Å². The molecule has 1 unspecified atom stereocenters. The van der Waals surface area contributed by atoms with Gasteiger partial charge in [0.15, 0.2) is 0 Å². The summed E-state index contributed by atoms with van der Waals surface area (Å²) < 4.78 is 1.71. The average molecular weight is 285 g/mol. The fraction of sp³-hybridized carbons (Fsp3) is 0.333. The third kappa shape index (κ3) is 2.83. The van der Waals surface area contributed by atoms with Crippen LogP contribution < -0.4 is 5.73 Å². The van der Waals surface area contributed by atoms with Crippen molar-refractivity contribution in [2.45, 2.75) is 25.9 Å². The molecule has 0 bridgehead atoms. The number of nitrogens with zero attached hydrogens (tertiary/aromatic N) is 3. The summed E-state index contributed by atoms with van der Waals surface area (Å²) in [6.07, 6.45) is 2.67. The van der Waals surface area contributed by atoms with Crippen LogP contribution in [0.5, 0.6) is 0 Å². The fourth-order valence-corrected chi connectivity index (χ4v) is 1.99. The number of benzene rings is 1. The highest BCUT2D eigenvalue weighted by Gasteiger charge is 2.10. The number of hydrogen-bond donors (Lipinski definition) is 1. The third-order valence-corrected chi connectivity index (χ3v) is 3.60. The summed E-state index contributed by atoms with van der Waals surface area (Å²) in [7, 11) is 0. The van der Waals surface area contributed by atoms with Gasteiger partial charge in [-0.05, 0) is 18.1 Å². The van der Waals surface area contributed by atoms with Crippen molar-refractivity contribution in [3.63, 3.8) is 0 Å². The summed E-state index contributed by atoms with van der Waals surface area (Å²) in [4.78, 5) is 0. The maximum absolute atomic E-state index is 6.12. The number of aromatic nitrogens is 3. The van der Waals surface area contributed by atoms with Crippen LogP contribution in [0.1, 0.15) is 30.6 Å². The molecule has 96 valence electrons. The Morgan fingerprint density at radius 3 is 2.89 bits per heavy atom. The number of halogens is 2. The van der Waals surface area contributed by atoms with E-state index in [-0.39, 0.29) is 6.04 Å². The normalized spacial score (nSPS) is 12.7. The van der Waals surface area contributed by atoms with Crippen molar-refractivity contribution in [2.24, 2.45) is 5.73 Å². The summed E-state index contributed by atoms with van der Waals surface area (Å²) in [5.41, 5.74) is 7.59. The first-order chi connectivity index (χ1) is 8.61. The Bertz CT molecular complexity index is 539. The van der Waals surface area contributed by atoms with Crippen LogP contribution in [0.2, 0.25) is 10.0 Å². The zero-order valence-corrected chi connectivity index (χ0v) is 11.5. The Labute approximate surface area is 116 Å². The monoisotopic (exact) mass is 284 g/mol. The quantitative estimate of drug-likeness (QED) is 0.939. The second-order valence-corrected chi connectivity index (χ2v) is 4.85. The van der Waals surface area contributed by atoms with Gasteiger partial charge in [0, 0.05) is 0 Å². The van der Waals surface area contributed by atoms with E-state index in [4.69, 9.17) is 28.9 Å². The van der Waals surface area contributed by atoms with Crippen LogP contribution in [-0.4, -0.2) is 15.0 Å². The van der Waals surface area contributed by atoms with E-state index in [1.165, 1.54) is 0 Å². The van der Waals surface area contributed by atoms with Gasteiger partial charge in [-0.1, -0.05) is 47.5 Å². The minimum absolute atomic E-state index is 0.0754. The molecule has 0 amide bonds. The maximum atomic E-state index is 6.12. The lowest BCUT2D eigenvalue weighted by Gasteiger charge is -2.05. The molecule has 0 saturated carbocycles.